The molecular formula is C14H29N. The Hall–Kier alpha value is -0.0400. The van der Waals surface area contributed by atoms with E-state index in [4.69, 9.17) is 5.73 Å². The van der Waals surface area contributed by atoms with E-state index in [2.05, 4.69) is 34.6 Å². The van der Waals surface area contributed by atoms with Gasteiger partial charge in [-0.15, -0.1) is 0 Å². The second-order valence-electron chi connectivity index (χ2n) is 7.51. The Labute approximate surface area is 95.8 Å². The highest BCUT2D eigenvalue weighted by molar-refractivity contribution is 4.89. The molecule has 0 amide bonds. The van der Waals surface area contributed by atoms with Gasteiger partial charge in [0.1, 0.15) is 0 Å². The van der Waals surface area contributed by atoms with Crippen molar-refractivity contribution in [2.75, 3.05) is 0 Å². The van der Waals surface area contributed by atoms with Gasteiger partial charge in [-0.05, 0) is 49.9 Å². The Morgan fingerprint density at radius 1 is 0.733 bits per heavy atom. The Bertz CT molecular complexity index is 213. The van der Waals surface area contributed by atoms with Crippen molar-refractivity contribution >= 4 is 0 Å². The molecule has 0 heterocycles. The van der Waals surface area contributed by atoms with Crippen molar-refractivity contribution in [1.82, 2.24) is 0 Å². The molecule has 0 aliphatic heterocycles. The van der Waals surface area contributed by atoms with Crippen molar-refractivity contribution in [2.45, 2.75) is 78.7 Å². The van der Waals surface area contributed by atoms with E-state index in [-0.39, 0.29) is 5.54 Å². The molecule has 90 valence electrons. The van der Waals surface area contributed by atoms with Crippen LogP contribution in [-0.2, 0) is 0 Å². The van der Waals surface area contributed by atoms with Crippen LogP contribution in [0.5, 0.6) is 0 Å². The molecule has 1 nitrogen and oxygen atoms in total. The van der Waals surface area contributed by atoms with E-state index >= 15 is 0 Å². The van der Waals surface area contributed by atoms with Crippen molar-refractivity contribution in [1.29, 1.82) is 0 Å². The van der Waals surface area contributed by atoms with Gasteiger partial charge >= 0.3 is 0 Å². The van der Waals surface area contributed by atoms with Crippen LogP contribution in [0.4, 0.5) is 0 Å². The van der Waals surface area contributed by atoms with E-state index in [0.717, 1.165) is 6.42 Å². The zero-order chi connectivity index (χ0) is 11.7. The summed E-state index contributed by atoms with van der Waals surface area (Å²) in [5, 5.41) is 0. The van der Waals surface area contributed by atoms with E-state index < -0.39 is 0 Å². The van der Waals surface area contributed by atoms with Crippen LogP contribution in [0.2, 0.25) is 0 Å². The summed E-state index contributed by atoms with van der Waals surface area (Å²) in [6, 6.07) is 0. The summed E-state index contributed by atoms with van der Waals surface area (Å²) < 4.78 is 0. The summed E-state index contributed by atoms with van der Waals surface area (Å²) in [4.78, 5) is 0. The van der Waals surface area contributed by atoms with E-state index in [1.54, 1.807) is 0 Å². The Kier molecular flexibility index (Phi) is 3.55. The predicted molar refractivity (Wildman–Crippen MR) is 67.9 cm³/mol. The van der Waals surface area contributed by atoms with Gasteiger partial charge in [0.2, 0.25) is 0 Å². The van der Waals surface area contributed by atoms with Gasteiger partial charge in [-0.1, -0.05) is 34.1 Å². The fourth-order valence-electron chi connectivity index (χ4n) is 3.04. The first-order chi connectivity index (χ1) is 6.62. The smallest absolute Gasteiger partial charge is 0.0131 e. The summed E-state index contributed by atoms with van der Waals surface area (Å²) in [6.45, 7) is 11.8. The lowest BCUT2D eigenvalue weighted by atomic mass is 9.74. The maximum Gasteiger partial charge on any atom is 0.0131 e. The highest BCUT2D eigenvalue weighted by atomic mass is 14.7. The van der Waals surface area contributed by atoms with Crippen molar-refractivity contribution < 1.29 is 0 Å². The predicted octanol–water partition coefficient (Wildman–Crippen LogP) is 4.11. The van der Waals surface area contributed by atoms with Gasteiger partial charge in [-0.3, -0.25) is 0 Å². The van der Waals surface area contributed by atoms with Gasteiger partial charge in [0.15, 0.2) is 0 Å². The van der Waals surface area contributed by atoms with Crippen molar-refractivity contribution in [3.8, 4) is 0 Å². The van der Waals surface area contributed by atoms with Gasteiger partial charge in [0, 0.05) is 5.54 Å². The van der Waals surface area contributed by atoms with Crippen molar-refractivity contribution in [3.63, 3.8) is 0 Å². The molecule has 1 atom stereocenters. The normalized spacial score (nSPS) is 36.4. The molecule has 1 aliphatic carbocycles. The number of rotatable bonds is 0. The maximum absolute atomic E-state index is 6.38. The molecule has 0 bridgehead atoms. The lowest BCUT2D eigenvalue weighted by molar-refractivity contribution is 0.203. The molecule has 1 fully saturated rings. The molecule has 0 aromatic carbocycles. The number of hydrogen-bond donors (Lipinski definition) is 1. The Morgan fingerprint density at radius 3 is 1.87 bits per heavy atom. The van der Waals surface area contributed by atoms with Gasteiger partial charge in [0.25, 0.3) is 0 Å². The molecule has 1 unspecified atom stereocenters. The molecule has 1 saturated carbocycles. The standard InChI is InChI=1S/C14H29N/c1-12(2)7-6-8-14(5,15)11-13(3,4)10-9-12/h6-11,15H2,1-5H3. The highest BCUT2D eigenvalue weighted by Crippen LogP contribution is 2.41. The zero-order valence-corrected chi connectivity index (χ0v) is 11.3. The molecule has 15 heavy (non-hydrogen) atoms. The van der Waals surface area contributed by atoms with Crippen LogP contribution < -0.4 is 5.73 Å². The second kappa shape index (κ2) is 4.08. The molecule has 0 saturated heterocycles. The molecule has 1 heteroatoms. The van der Waals surface area contributed by atoms with E-state index in [0.29, 0.717) is 10.8 Å². The van der Waals surface area contributed by atoms with Gasteiger partial charge in [0.05, 0.1) is 0 Å². The Morgan fingerprint density at radius 2 is 1.27 bits per heavy atom. The van der Waals surface area contributed by atoms with Crippen LogP contribution in [0.25, 0.3) is 0 Å². The minimum absolute atomic E-state index is 0.0456. The SMILES string of the molecule is CC1(C)CCCC(C)(N)CC(C)(C)CC1. The summed E-state index contributed by atoms with van der Waals surface area (Å²) in [5.41, 5.74) is 7.35. The fourth-order valence-corrected chi connectivity index (χ4v) is 3.04. The maximum atomic E-state index is 6.38. The third kappa shape index (κ3) is 4.55. The highest BCUT2D eigenvalue weighted by Gasteiger charge is 2.33. The largest absolute Gasteiger partial charge is 0.325 e. The van der Waals surface area contributed by atoms with E-state index in [9.17, 15) is 0 Å². The first-order valence-corrected chi connectivity index (χ1v) is 6.41. The molecule has 1 aliphatic rings. The molecule has 0 aromatic rings. The second-order valence-corrected chi connectivity index (χ2v) is 7.51. The third-order valence-electron chi connectivity index (χ3n) is 3.96. The first-order valence-electron chi connectivity index (χ1n) is 6.41. The lowest BCUT2D eigenvalue weighted by Gasteiger charge is -2.34. The summed E-state index contributed by atoms with van der Waals surface area (Å²) in [7, 11) is 0. The van der Waals surface area contributed by atoms with Crippen LogP contribution in [-0.4, -0.2) is 5.54 Å². The summed E-state index contributed by atoms with van der Waals surface area (Å²) >= 11 is 0. The van der Waals surface area contributed by atoms with E-state index in [1.807, 2.05) is 0 Å². The molecule has 0 aromatic heterocycles. The van der Waals surface area contributed by atoms with E-state index in [1.165, 1.54) is 32.1 Å². The van der Waals surface area contributed by atoms with Gasteiger partial charge in [-0.25, -0.2) is 0 Å². The zero-order valence-electron chi connectivity index (χ0n) is 11.3. The molecule has 0 spiro atoms. The lowest BCUT2D eigenvalue weighted by Crippen LogP contribution is -2.40. The van der Waals surface area contributed by atoms with Crippen LogP contribution in [0.3, 0.4) is 0 Å². The monoisotopic (exact) mass is 211 g/mol. The minimum Gasteiger partial charge on any atom is -0.325 e. The van der Waals surface area contributed by atoms with Crippen LogP contribution in [0.15, 0.2) is 0 Å². The van der Waals surface area contributed by atoms with Crippen LogP contribution >= 0.6 is 0 Å². The summed E-state index contributed by atoms with van der Waals surface area (Å²) in [5.74, 6) is 0. The minimum atomic E-state index is 0.0456. The van der Waals surface area contributed by atoms with Crippen molar-refractivity contribution in [2.24, 2.45) is 16.6 Å². The quantitative estimate of drug-likeness (QED) is 0.641. The number of hydrogen-bond acceptors (Lipinski definition) is 1. The first kappa shape index (κ1) is 13.0. The third-order valence-corrected chi connectivity index (χ3v) is 3.96. The fraction of sp³-hybridized carbons (Fsp3) is 1.00. The summed E-state index contributed by atoms with van der Waals surface area (Å²) in [6.07, 6.45) is 7.62. The van der Waals surface area contributed by atoms with Gasteiger partial charge in [-0.2, -0.15) is 0 Å². The van der Waals surface area contributed by atoms with Crippen LogP contribution in [0.1, 0.15) is 73.1 Å². The average molecular weight is 211 g/mol. The topological polar surface area (TPSA) is 26.0 Å². The number of nitrogens with two attached hydrogens (primary N) is 1. The molecule has 1 rings (SSSR count). The molecule has 2 N–H and O–H groups in total. The molecule has 0 radical (unpaired) electrons. The molecular weight excluding hydrogens is 182 g/mol. The average Bonchev–Trinajstić information content (AvgIpc) is 2.00. The Balaban J connectivity index is 2.74. The van der Waals surface area contributed by atoms with Crippen LogP contribution in [0, 0.1) is 10.8 Å². The van der Waals surface area contributed by atoms with Gasteiger partial charge < -0.3 is 5.73 Å². The van der Waals surface area contributed by atoms with Crippen molar-refractivity contribution in [3.05, 3.63) is 0 Å².